The molecule has 1 fully saturated rings. The first-order chi connectivity index (χ1) is 14.6. The summed E-state index contributed by atoms with van der Waals surface area (Å²) < 4.78 is 11.3. The molecule has 0 unspecified atom stereocenters. The summed E-state index contributed by atoms with van der Waals surface area (Å²) in [5.74, 6) is 1.31. The van der Waals surface area contributed by atoms with Crippen LogP contribution in [0.3, 0.4) is 0 Å². The van der Waals surface area contributed by atoms with Crippen LogP contribution in [0.25, 0.3) is 0 Å². The molecule has 5 nitrogen and oxygen atoms in total. The van der Waals surface area contributed by atoms with Gasteiger partial charge in [0.25, 0.3) is 5.91 Å². The number of methoxy groups -OCH3 is 1. The highest BCUT2D eigenvalue weighted by Gasteiger charge is 2.50. The van der Waals surface area contributed by atoms with Crippen LogP contribution in [0.2, 0.25) is 5.02 Å². The van der Waals surface area contributed by atoms with Crippen LogP contribution in [0.15, 0.2) is 78.9 Å². The Kier molecular flexibility index (Phi) is 5.81. The SMILES string of the molecule is COc1ccc(N2C(=O)[C@@H](Oc3ccc(Cl)cc3)[C@H]2CN(C)c2ccccc2)cc1. The number of carbonyl (C=O) groups is 1. The van der Waals surface area contributed by atoms with Crippen molar-refractivity contribution in [2.45, 2.75) is 12.1 Å². The lowest BCUT2D eigenvalue weighted by molar-refractivity contribution is -0.134. The lowest BCUT2D eigenvalue weighted by Gasteiger charge is -2.48. The Morgan fingerprint density at radius 3 is 2.20 bits per heavy atom. The van der Waals surface area contributed by atoms with Gasteiger partial charge in [0.1, 0.15) is 17.5 Å². The average Bonchev–Trinajstić information content (AvgIpc) is 2.79. The Labute approximate surface area is 181 Å². The van der Waals surface area contributed by atoms with Crippen LogP contribution in [0, 0.1) is 0 Å². The molecule has 3 aromatic carbocycles. The lowest BCUT2D eigenvalue weighted by Crippen LogP contribution is -2.70. The molecule has 1 saturated heterocycles. The third-order valence-corrected chi connectivity index (χ3v) is 5.50. The molecular weight excluding hydrogens is 400 g/mol. The van der Waals surface area contributed by atoms with Crippen LogP contribution in [0.5, 0.6) is 11.5 Å². The predicted octanol–water partition coefficient (Wildman–Crippen LogP) is 4.65. The molecule has 30 heavy (non-hydrogen) atoms. The topological polar surface area (TPSA) is 42.0 Å². The van der Waals surface area contributed by atoms with E-state index in [9.17, 15) is 4.79 Å². The van der Waals surface area contributed by atoms with Crippen LogP contribution in [-0.2, 0) is 4.79 Å². The van der Waals surface area contributed by atoms with Gasteiger partial charge in [0.05, 0.1) is 7.11 Å². The van der Waals surface area contributed by atoms with Crippen LogP contribution < -0.4 is 19.3 Å². The molecule has 1 amide bonds. The molecule has 1 aliphatic heterocycles. The fourth-order valence-electron chi connectivity index (χ4n) is 3.61. The van der Waals surface area contributed by atoms with Gasteiger partial charge < -0.3 is 14.4 Å². The maximum atomic E-state index is 13.0. The van der Waals surface area contributed by atoms with Crippen molar-refractivity contribution in [1.29, 1.82) is 0 Å². The number of ether oxygens (including phenoxy) is 2. The van der Waals surface area contributed by atoms with Crippen molar-refractivity contribution in [3.63, 3.8) is 0 Å². The molecular formula is C24H23ClN2O3. The van der Waals surface area contributed by atoms with E-state index in [1.54, 1.807) is 36.3 Å². The van der Waals surface area contributed by atoms with E-state index in [1.807, 2.05) is 61.6 Å². The summed E-state index contributed by atoms with van der Waals surface area (Å²) in [4.78, 5) is 17.0. The second-order valence-electron chi connectivity index (χ2n) is 7.18. The van der Waals surface area contributed by atoms with Crippen LogP contribution >= 0.6 is 11.6 Å². The molecule has 4 rings (SSSR count). The number of amides is 1. The van der Waals surface area contributed by atoms with Crippen molar-refractivity contribution in [3.8, 4) is 11.5 Å². The maximum absolute atomic E-state index is 13.0. The summed E-state index contributed by atoms with van der Waals surface area (Å²) in [6.45, 7) is 0.625. The van der Waals surface area contributed by atoms with Gasteiger partial charge in [-0.15, -0.1) is 0 Å². The predicted molar refractivity (Wildman–Crippen MR) is 120 cm³/mol. The molecule has 6 heteroatoms. The third kappa shape index (κ3) is 4.07. The van der Waals surface area contributed by atoms with E-state index >= 15 is 0 Å². The molecule has 154 valence electrons. The number of hydrogen-bond acceptors (Lipinski definition) is 4. The number of carbonyl (C=O) groups excluding carboxylic acids is 1. The van der Waals surface area contributed by atoms with E-state index in [4.69, 9.17) is 21.1 Å². The Bertz CT molecular complexity index is 993. The largest absolute Gasteiger partial charge is 0.497 e. The van der Waals surface area contributed by atoms with Crippen molar-refractivity contribution in [3.05, 3.63) is 83.9 Å². The van der Waals surface area contributed by atoms with E-state index in [-0.39, 0.29) is 11.9 Å². The lowest BCUT2D eigenvalue weighted by atomic mass is 9.95. The van der Waals surface area contributed by atoms with Crippen molar-refractivity contribution in [2.24, 2.45) is 0 Å². The van der Waals surface area contributed by atoms with Crippen LogP contribution in [-0.4, -0.2) is 38.8 Å². The van der Waals surface area contributed by atoms with E-state index in [0.717, 1.165) is 17.1 Å². The van der Waals surface area contributed by atoms with Gasteiger partial charge >= 0.3 is 0 Å². The number of anilines is 2. The normalized spacial score (nSPS) is 18.0. The van der Waals surface area contributed by atoms with Gasteiger partial charge in [-0.25, -0.2) is 0 Å². The molecule has 2 atom stereocenters. The smallest absolute Gasteiger partial charge is 0.270 e. The van der Waals surface area contributed by atoms with Gasteiger partial charge in [0.15, 0.2) is 6.10 Å². The highest BCUT2D eigenvalue weighted by Crippen LogP contribution is 2.33. The standard InChI is InChI=1S/C24H23ClN2O3/c1-26(18-6-4-3-5-7-18)16-22-23(30-21-12-8-17(25)9-13-21)24(28)27(22)19-10-14-20(29-2)15-11-19/h3-15,22-23H,16H2,1-2H3/t22-,23+/m1/s1. The van der Waals surface area contributed by atoms with Crippen molar-refractivity contribution in [1.82, 2.24) is 0 Å². The number of benzene rings is 3. The number of β-lactam (4-membered cyclic amide) rings is 1. The zero-order chi connectivity index (χ0) is 21.1. The molecule has 0 aromatic heterocycles. The minimum Gasteiger partial charge on any atom is -0.497 e. The Morgan fingerprint density at radius 1 is 0.933 bits per heavy atom. The highest BCUT2D eigenvalue weighted by atomic mass is 35.5. The van der Waals surface area contributed by atoms with Crippen LogP contribution in [0.1, 0.15) is 0 Å². The molecule has 0 spiro atoms. The summed E-state index contributed by atoms with van der Waals surface area (Å²) in [5.41, 5.74) is 1.90. The Morgan fingerprint density at radius 2 is 1.57 bits per heavy atom. The number of para-hydroxylation sites is 1. The van der Waals surface area contributed by atoms with Crippen LogP contribution in [0.4, 0.5) is 11.4 Å². The molecule has 0 bridgehead atoms. The van der Waals surface area contributed by atoms with Gasteiger partial charge in [-0.1, -0.05) is 29.8 Å². The van der Waals surface area contributed by atoms with E-state index < -0.39 is 6.10 Å². The zero-order valence-corrected chi connectivity index (χ0v) is 17.6. The quantitative estimate of drug-likeness (QED) is 0.520. The van der Waals surface area contributed by atoms with Crippen molar-refractivity contribution >= 4 is 28.9 Å². The van der Waals surface area contributed by atoms with Gasteiger partial charge in [-0.2, -0.15) is 0 Å². The van der Waals surface area contributed by atoms with Gasteiger partial charge in [-0.05, 0) is 60.7 Å². The van der Waals surface area contributed by atoms with Gasteiger partial charge in [0.2, 0.25) is 0 Å². The number of hydrogen-bond donors (Lipinski definition) is 0. The fourth-order valence-corrected chi connectivity index (χ4v) is 3.74. The first-order valence-corrected chi connectivity index (χ1v) is 10.1. The van der Waals surface area contributed by atoms with Gasteiger partial charge in [-0.3, -0.25) is 9.69 Å². The fraction of sp³-hybridized carbons (Fsp3) is 0.208. The molecule has 1 aliphatic rings. The second kappa shape index (κ2) is 8.67. The molecule has 0 aliphatic carbocycles. The minimum absolute atomic E-state index is 0.0680. The van der Waals surface area contributed by atoms with E-state index in [2.05, 4.69) is 4.90 Å². The summed E-state index contributed by atoms with van der Waals surface area (Å²) in [6.07, 6.45) is -0.570. The molecule has 0 N–H and O–H groups in total. The maximum Gasteiger partial charge on any atom is 0.270 e. The number of nitrogens with zero attached hydrogens (tertiary/aromatic N) is 2. The first kappa shape index (κ1) is 20.1. The van der Waals surface area contributed by atoms with Gasteiger partial charge in [0, 0.05) is 30.0 Å². The van der Waals surface area contributed by atoms with Crippen molar-refractivity contribution in [2.75, 3.05) is 30.5 Å². The summed E-state index contributed by atoms with van der Waals surface area (Å²) in [7, 11) is 3.64. The minimum atomic E-state index is -0.570. The third-order valence-electron chi connectivity index (χ3n) is 5.25. The molecule has 0 saturated carbocycles. The number of halogens is 1. The second-order valence-corrected chi connectivity index (χ2v) is 7.62. The van der Waals surface area contributed by atoms with Crippen molar-refractivity contribution < 1.29 is 14.3 Å². The number of likely N-dealkylation sites (N-methyl/N-ethyl adjacent to an activating group) is 1. The average molecular weight is 423 g/mol. The first-order valence-electron chi connectivity index (χ1n) is 9.72. The van der Waals surface area contributed by atoms with E-state index in [1.165, 1.54) is 0 Å². The summed E-state index contributed by atoms with van der Waals surface area (Å²) >= 11 is 5.97. The highest BCUT2D eigenvalue weighted by molar-refractivity contribution is 6.30. The Balaban J connectivity index is 1.58. The molecule has 3 aromatic rings. The summed E-state index contributed by atoms with van der Waals surface area (Å²) in [5, 5.41) is 0.627. The monoisotopic (exact) mass is 422 g/mol. The van der Waals surface area contributed by atoms with E-state index in [0.29, 0.717) is 17.3 Å². The number of rotatable bonds is 7. The molecule has 0 radical (unpaired) electrons. The zero-order valence-electron chi connectivity index (χ0n) is 16.9. The molecule has 1 heterocycles. The Hall–Kier alpha value is -3.18. The summed E-state index contributed by atoms with van der Waals surface area (Å²) in [6, 6.07) is 24.5.